The summed E-state index contributed by atoms with van der Waals surface area (Å²) in [7, 11) is 1.49. The van der Waals surface area contributed by atoms with Crippen molar-refractivity contribution in [1.29, 1.82) is 0 Å². The fourth-order valence-electron chi connectivity index (χ4n) is 0.580. The molecular weight excluding hydrogens is 118 g/mol. The Hall–Kier alpha value is -1.12. The largest absolute Gasteiger partial charge is 0.481 e. The smallest absolute Gasteiger partial charge is 0.252 e. The Morgan fingerprint density at radius 3 is 3.00 bits per heavy atom. The molecule has 0 atom stereocenters. The SMILES string of the molecule is COC1=NC(=O)CC=C1. The normalized spacial score (nSPS) is 17.4. The Bertz CT molecular complexity index is 181. The fourth-order valence-corrected chi connectivity index (χ4v) is 0.580. The molecule has 1 heterocycles. The summed E-state index contributed by atoms with van der Waals surface area (Å²) in [5.41, 5.74) is 0. The summed E-state index contributed by atoms with van der Waals surface area (Å²) in [5, 5.41) is 0. The van der Waals surface area contributed by atoms with Crippen molar-refractivity contribution in [2.45, 2.75) is 6.42 Å². The van der Waals surface area contributed by atoms with Crippen LogP contribution in [-0.4, -0.2) is 18.9 Å². The van der Waals surface area contributed by atoms with Crippen molar-refractivity contribution in [3.05, 3.63) is 12.2 Å². The molecule has 0 saturated carbocycles. The maximum atomic E-state index is 10.5. The number of nitrogens with zero attached hydrogens (tertiary/aromatic N) is 1. The third kappa shape index (κ3) is 1.38. The van der Waals surface area contributed by atoms with E-state index in [2.05, 4.69) is 4.99 Å². The first kappa shape index (κ1) is 6.01. The van der Waals surface area contributed by atoms with Crippen LogP contribution in [0.3, 0.4) is 0 Å². The molecule has 0 spiro atoms. The monoisotopic (exact) mass is 125 g/mol. The van der Waals surface area contributed by atoms with Crippen LogP contribution in [0, 0.1) is 0 Å². The molecule has 0 aromatic rings. The molecule has 0 N–H and O–H groups in total. The zero-order chi connectivity index (χ0) is 6.69. The number of hydrogen-bond donors (Lipinski definition) is 0. The molecule has 0 fully saturated rings. The van der Waals surface area contributed by atoms with Gasteiger partial charge >= 0.3 is 0 Å². The predicted molar refractivity (Wildman–Crippen MR) is 33.2 cm³/mol. The predicted octanol–water partition coefficient (Wildman–Crippen LogP) is 0.518. The number of methoxy groups -OCH3 is 1. The zero-order valence-corrected chi connectivity index (χ0v) is 5.13. The van der Waals surface area contributed by atoms with Gasteiger partial charge in [0, 0.05) is 6.42 Å². The minimum atomic E-state index is -0.144. The first-order valence-electron chi connectivity index (χ1n) is 2.65. The van der Waals surface area contributed by atoms with E-state index in [0.717, 1.165) is 0 Å². The van der Waals surface area contributed by atoms with Crippen LogP contribution in [0.4, 0.5) is 0 Å². The summed E-state index contributed by atoms with van der Waals surface area (Å²) in [6.45, 7) is 0. The quantitative estimate of drug-likeness (QED) is 0.473. The van der Waals surface area contributed by atoms with Crippen molar-refractivity contribution in [3.63, 3.8) is 0 Å². The van der Waals surface area contributed by atoms with Crippen molar-refractivity contribution in [1.82, 2.24) is 0 Å². The van der Waals surface area contributed by atoms with Crippen LogP contribution in [-0.2, 0) is 9.53 Å². The van der Waals surface area contributed by atoms with Crippen molar-refractivity contribution in [3.8, 4) is 0 Å². The third-order valence-electron chi connectivity index (χ3n) is 0.997. The average Bonchev–Trinajstić information content (AvgIpc) is 1.88. The summed E-state index contributed by atoms with van der Waals surface area (Å²) >= 11 is 0. The molecule has 0 aliphatic carbocycles. The highest BCUT2D eigenvalue weighted by molar-refractivity contribution is 6.00. The molecule has 0 radical (unpaired) electrons. The highest BCUT2D eigenvalue weighted by atomic mass is 16.5. The number of carbonyl (C=O) groups is 1. The maximum absolute atomic E-state index is 10.5. The molecule has 1 aliphatic rings. The maximum Gasteiger partial charge on any atom is 0.252 e. The molecule has 1 aliphatic heterocycles. The van der Waals surface area contributed by atoms with Gasteiger partial charge in [0.25, 0.3) is 5.91 Å². The van der Waals surface area contributed by atoms with Crippen LogP contribution < -0.4 is 0 Å². The molecular formula is C6H7NO2. The van der Waals surface area contributed by atoms with Crippen LogP contribution in [0.15, 0.2) is 17.1 Å². The highest BCUT2D eigenvalue weighted by Crippen LogP contribution is 1.97. The number of amides is 1. The van der Waals surface area contributed by atoms with Crippen molar-refractivity contribution >= 4 is 11.8 Å². The van der Waals surface area contributed by atoms with E-state index in [0.29, 0.717) is 12.3 Å². The second-order valence-corrected chi connectivity index (χ2v) is 1.65. The molecule has 9 heavy (non-hydrogen) atoms. The van der Waals surface area contributed by atoms with Crippen LogP contribution in [0.5, 0.6) is 0 Å². The first-order chi connectivity index (χ1) is 4.33. The van der Waals surface area contributed by atoms with Crippen molar-refractivity contribution in [2.75, 3.05) is 7.11 Å². The standard InChI is InChI=1S/C6H7NO2/c1-9-6-4-2-3-5(8)7-6/h2,4H,3H2,1H3. The van der Waals surface area contributed by atoms with Crippen LogP contribution in [0.25, 0.3) is 0 Å². The Kier molecular flexibility index (Phi) is 1.63. The number of hydrogen-bond acceptors (Lipinski definition) is 2. The van der Waals surface area contributed by atoms with Crippen LogP contribution >= 0.6 is 0 Å². The summed E-state index contributed by atoms with van der Waals surface area (Å²) in [4.78, 5) is 14.1. The van der Waals surface area contributed by atoms with E-state index >= 15 is 0 Å². The average molecular weight is 125 g/mol. The Balaban J connectivity index is 2.70. The molecule has 0 unspecified atom stereocenters. The molecule has 1 amide bonds. The number of carbonyl (C=O) groups excluding carboxylic acids is 1. The fraction of sp³-hybridized carbons (Fsp3) is 0.333. The topological polar surface area (TPSA) is 38.7 Å². The Morgan fingerprint density at radius 1 is 1.78 bits per heavy atom. The van der Waals surface area contributed by atoms with Gasteiger partial charge in [0.15, 0.2) is 0 Å². The molecule has 0 bridgehead atoms. The molecule has 48 valence electrons. The number of rotatable bonds is 0. The van der Waals surface area contributed by atoms with Gasteiger partial charge in [-0.25, -0.2) is 0 Å². The van der Waals surface area contributed by atoms with E-state index < -0.39 is 0 Å². The van der Waals surface area contributed by atoms with Gasteiger partial charge in [0.1, 0.15) is 0 Å². The molecule has 1 rings (SSSR count). The lowest BCUT2D eigenvalue weighted by atomic mass is 10.3. The van der Waals surface area contributed by atoms with E-state index in [1.54, 1.807) is 12.2 Å². The number of aliphatic imine (C=N–C) groups is 1. The second kappa shape index (κ2) is 2.44. The van der Waals surface area contributed by atoms with E-state index in [4.69, 9.17) is 4.74 Å². The summed E-state index contributed by atoms with van der Waals surface area (Å²) in [5.74, 6) is 0.251. The molecule has 3 nitrogen and oxygen atoms in total. The van der Waals surface area contributed by atoms with Gasteiger partial charge < -0.3 is 4.74 Å². The van der Waals surface area contributed by atoms with Gasteiger partial charge in [-0.2, -0.15) is 4.99 Å². The molecule has 3 heteroatoms. The van der Waals surface area contributed by atoms with Crippen LogP contribution in [0.2, 0.25) is 0 Å². The number of dihydropyridines is 1. The molecule has 0 saturated heterocycles. The summed E-state index contributed by atoms with van der Waals surface area (Å²) in [6, 6.07) is 0. The van der Waals surface area contributed by atoms with E-state index in [1.807, 2.05) is 0 Å². The van der Waals surface area contributed by atoms with Crippen molar-refractivity contribution < 1.29 is 9.53 Å². The van der Waals surface area contributed by atoms with Gasteiger partial charge in [-0.3, -0.25) is 4.79 Å². The zero-order valence-electron chi connectivity index (χ0n) is 5.13. The minimum absolute atomic E-state index is 0.144. The van der Waals surface area contributed by atoms with E-state index in [-0.39, 0.29) is 5.91 Å². The number of ether oxygens (including phenoxy) is 1. The summed E-state index contributed by atoms with van der Waals surface area (Å²) in [6.07, 6.45) is 3.81. The lowest BCUT2D eigenvalue weighted by molar-refractivity contribution is -0.117. The van der Waals surface area contributed by atoms with E-state index in [1.165, 1.54) is 7.11 Å². The van der Waals surface area contributed by atoms with Crippen molar-refractivity contribution in [2.24, 2.45) is 4.99 Å². The minimum Gasteiger partial charge on any atom is -0.481 e. The van der Waals surface area contributed by atoms with Gasteiger partial charge in [-0.15, -0.1) is 0 Å². The lowest BCUT2D eigenvalue weighted by Gasteiger charge is -2.00. The second-order valence-electron chi connectivity index (χ2n) is 1.65. The Labute approximate surface area is 53.0 Å². The van der Waals surface area contributed by atoms with Gasteiger partial charge in [-0.1, -0.05) is 6.08 Å². The third-order valence-corrected chi connectivity index (χ3v) is 0.997. The van der Waals surface area contributed by atoms with Gasteiger partial charge in [0.2, 0.25) is 5.90 Å². The van der Waals surface area contributed by atoms with Gasteiger partial charge in [-0.05, 0) is 6.08 Å². The highest BCUT2D eigenvalue weighted by Gasteiger charge is 2.03. The molecule has 0 aromatic heterocycles. The van der Waals surface area contributed by atoms with Gasteiger partial charge in [0.05, 0.1) is 7.11 Å². The van der Waals surface area contributed by atoms with Crippen LogP contribution in [0.1, 0.15) is 6.42 Å². The first-order valence-corrected chi connectivity index (χ1v) is 2.65. The Morgan fingerprint density at radius 2 is 2.56 bits per heavy atom. The lowest BCUT2D eigenvalue weighted by Crippen LogP contribution is -2.06. The molecule has 0 aromatic carbocycles. The van der Waals surface area contributed by atoms with E-state index in [9.17, 15) is 4.79 Å². The summed E-state index contributed by atoms with van der Waals surface area (Å²) < 4.78 is 4.70.